The topological polar surface area (TPSA) is 61.4 Å². The van der Waals surface area contributed by atoms with Crippen LogP contribution in [0, 0.1) is 0 Å². The fourth-order valence-corrected chi connectivity index (χ4v) is 2.60. The van der Waals surface area contributed by atoms with Crippen LogP contribution in [0.15, 0.2) is 36.7 Å². The van der Waals surface area contributed by atoms with Crippen molar-refractivity contribution in [3.8, 4) is 0 Å². The Labute approximate surface area is 140 Å². The first kappa shape index (κ1) is 15.7. The van der Waals surface area contributed by atoms with Gasteiger partial charge in [-0.15, -0.1) is 0 Å². The number of carbonyl (C=O) groups excluding carboxylic acids is 1. The van der Waals surface area contributed by atoms with E-state index in [0.29, 0.717) is 29.6 Å². The third-order valence-electron chi connectivity index (χ3n) is 3.81. The van der Waals surface area contributed by atoms with Gasteiger partial charge in [-0.3, -0.25) is 4.79 Å². The van der Waals surface area contributed by atoms with Crippen LogP contribution in [0.5, 0.6) is 0 Å². The van der Waals surface area contributed by atoms with Crippen LogP contribution < -0.4 is 5.32 Å². The van der Waals surface area contributed by atoms with E-state index in [1.54, 1.807) is 12.1 Å². The lowest BCUT2D eigenvalue weighted by molar-refractivity contribution is 0.0658. The van der Waals surface area contributed by atoms with E-state index in [-0.39, 0.29) is 5.91 Å². The second-order valence-corrected chi connectivity index (χ2v) is 5.90. The molecule has 6 nitrogen and oxygen atoms in total. The zero-order valence-electron chi connectivity index (χ0n) is 12.9. The van der Waals surface area contributed by atoms with Crippen LogP contribution in [-0.2, 0) is 0 Å². The largest absolute Gasteiger partial charge is 0.339 e. The standard InChI is InChI=1S/C16H18ClN5O/c1-21-6-8-22(9-7-21)16(23)14-10-15(19-11-18-14)20-13-5-3-2-4-12(13)17/h2-5,10-11H,6-9H2,1H3,(H,18,19,20). The minimum atomic E-state index is -0.0669. The summed E-state index contributed by atoms with van der Waals surface area (Å²) < 4.78 is 0. The highest BCUT2D eigenvalue weighted by molar-refractivity contribution is 6.33. The summed E-state index contributed by atoms with van der Waals surface area (Å²) in [5, 5.41) is 3.71. The number of nitrogens with zero attached hydrogens (tertiary/aromatic N) is 4. The minimum absolute atomic E-state index is 0.0669. The Hall–Kier alpha value is -2.18. The van der Waals surface area contributed by atoms with Gasteiger partial charge in [0, 0.05) is 32.2 Å². The van der Waals surface area contributed by atoms with E-state index in [9.17, 15) is 4.79 Å². The van der Waals surface area contributed by atoms with Crippen molar-refractivity contribution >= 4 is 29.0 Å². The molecule has 0 spiro atoms. The summed E-state index contributed by atoms with van der Waals surface area (Å²) >= 11 is 6.13. The van der Waals surface area contributed by atoms with Crippen LogP contribution in [0.1, 0.15) is 10.5 Å². The molecule has 0 bridgehead atoms. The Morgan fingerprint density at radius 1 is 1.17 bits per heavy atom. The van der Waals surface area contributed by atoms with Gasteiger partial charge in [-0.2, -0.15) is 0 Å². The first-order valence-corrected chi connectivity index (χ1v) is 7.83. The number of piperazine rings is 1. The van der Waals surface area contributed by atoms with Crippen LogP contribution in [0.2, 0.25) is 5.02 Å². The van der Waals surface area contributed by atoms with Crippen molar-refractivity contribution in [2.75, 3.05) is 38.5 Å². The third-order valence-corrected chi connectivity index (χ3v) is 4.14. The van der Waals surface area contributed by atoms with Crippen LogP contribution in [0.3, 0.4) is 0 Å². The van der Waals surface area contributed by atoms with Crippen LogP contribution in [0.25, 0.3) is 0 Å². The molecule has 1 aliphatic rings. The highest BCUT2D eigenvalue weighted by Crippen LogP contribution is 2.24. The first-order chi connectivity index (χ1) is 11.1. The van der Waals surface area contributed by atoms with E-state index >= 15 is 0 Å². The second-order valence-electron chi connectivity index (χ2n) is 5.49. The molecule has 2 aromatic rings. The number of anilines is 2. The Bertz CT molecular complexity index is 700. The maximum absolute atomic E-state index is 12.5. The summed E-state index contributed by atoms with van der Waals surface area (Å²) in [6.07, 6.45) is 1.39. The average molecular weight is 332 g/mol. The number of benzene rings is 1. The van der Waals surface area contributed by atoms with E-state index in [4.69, 9.17) is 11.6 Å². The van der Waals surface area contributed by atoms with Crippen LogP contribution in [0.4, 0.5) is 11.5 Å². The molecule has 0 unspecified atom stereocenters. The van der Waals surface area contributed by atoms with Gasteiger partial charge in [-0.1, -0.05) is 23.7 Å². The second kappa shape index (κ2) is 6.93. The van der Waals surface area contributed by atoms with Gasteiger partial charge >= 0.3 is 0 Å². The molecule has 0 atom stereocenters. The number of halogens is 1. The molecule has 120 valence electrons. The van der Waals surface area contributed by atoms with Gasteiger partial charge in [0.2, 0.25) is 0 Å². The first-order valence-electron chi connectivity index (χ1n) is 7.45. The van der Waals surface area contributed by atoms with Gasteiger partial charge in [-0.05, 0) is 19.2 Å². The van der Waals surface area contributed by atoms with Gasteiger partial charge in [0.05, 0.1) is 10.7 Å². The number of nitrogens with one attached hydrogen (secondary N) is 1. The van der Waals surface area contributed by atoms with Gasteiger partial charge in [0.25, 0.3) is 5.91 Å². The molecule has 2 heterocycles. The maximum Gasteiger partial charge on any atom is 0.272 e. The Balaban J connectivity index is 1.75. The molecule has 0 saturated carbocycles. The number of carbonyl (C=O) groups is 1. The minimum Gasteiger partial charge on any atom is -0.339 e. The van der Waals surface area contributed by atoms with E-state index < -0.39 is 0 Å². The van der Waals surface area contributed by atoms with Crippen molar-refractivity contribution in [3.05, 3.63) is 47.4 Å². The highest BCUT2D eigenvalue weighted by atomic mass is 35.5. The molecule has 7 heteroatoms. The van der Waals surface area contributed by atoms with Crippen LogP contribution in [-0.4, -0.2) is 58.9 Å². The van der Waals surface area contributed by atoms with Crippen molar-refractivity contribution in [2.45, 2.75) is 0 Å². The Kier molecular flexibility index (Phi) is 4.73. The lowest BCUT2D eigenvalue weighted by atomic mass is 10.2. The number of hydrogen-bond acceptors (Lipinski definition) is 5. The summed E-state index contributed by atoms with van der Waals surface area (Å²) in [5.74, 6) is 0.480. The summed E-state index contributed by atoms with van der Waals surface area (Å²) in [7, 11) is 2.05. The number of likely N-dealkylation sites (N-methyl/N-ethyl adjacent to an activating group) is 1. The van der Waals surface area contributed by atoms with E-state index in [2.05, 4.69) is 27.2 Å². The van der Waals surface area contributed by atoms with Crippen molar-refractivity contribution < 1.29 is 4.79 Å². The molecule has 1 aromatic carbocycles. The van der Waals surface area contributed by atoms with Crippen molar-refractivity contribution in [1.82, 2.24) is 19.8 Å². The van der Waals surface area contributed by atoms with Gasteiger partial charge in [0.15, 0.2) is 0 Å². The summed E-state index contributed by atoms with van der Waals surface area (Å²) in [5.41, 5.74) is 1.13. The highest BCUT2D eigenvalue weighted by Gasteiger charge is 2.21. The van der Waals surface area contributed by atoms with Gasteiger partial charge in [0.1, 0.15) is 17.8 Å². The van der Waals surface area contributed by atoms with Crippen molar-refractivity contribution in [1.29, 1.82) is 0 Å². The van der Waals surface area contributed by atoms with E-state index in [1.807, 2.05) is 23.1 Å². The molecule has 0 aliphatic carbocycles. The zero-order chi connectivity index (χ0) is 16.2. The molecule has 23 heavy (non-hydrogen) atoms. The number of para-hydroxylation sites is 1. The quantitative estimate of drug-likeness (QED) is 0.934. The molecule has 0 radical (unpaired) electrons. The smallest absolute Gasteiger partial charge is 0.272 e. The summed E-state index contributed by atoms with van der Waals surface area (Å²) in [6.45, 7) is 3.18. The molecule has 1 aromatic heterocycles. The van der Waals surface area contributed by atoms with Crippen molar-refractivity contribution in [2.24, 2.45) is 0 Å². The van der Waals surface area contributed by atoms with Gasteiger partial charge in [-0.25, -0.2) is 9.97 Å². The van der Waals surface area contributed by atoms with Crippen LogP contribution >= 0.6 is 11.6 Å². The van der Waals surface area contributed by atoms with Gasteiger partial charge < -0.3 is 15.1 Å². The zero-order valence-corrected chi connectivity index (χ0v) is 13.6. The van der Waals surface area contributed by atoms with Crippen molar-refractivity contribution in [3.63, 3.8) is 0 Å². The van der Waals surface area contributed by atoms with E-state index in [1.165, 1.54) is 6.33 Å². The molecule has 1 amide bonds. The predicted molar refractivity (Wildman–Crippen MR) is 90.2 cm³/mol. The predicted octanol–water partition coefficient (Wildman–Crippen LogP) is 2.26. The number of hydrogen-bond donors (Lipinski definition) is 1. The monoisotopic (exact) mass is 331 g/mol. The molecule has 1 N–H and O–H groups in total. The fourth-order valence-electron chi connectivity index (χ4n) is 2.41. The number of amides is 1. The lowest BCUT2D eigenvalue weighted by Gasteiger charge is -2.32. The average Bonchev–Trinajstić information content (AvgIpc) is 2.57. The normalized spacial score (nSPS) is 15.5. The molecule has 3 rings (SSSR count). The fraction of sp³-hybridized carbons (Fsp3) is 0.312. The molecular formula is C16H18ClN5O. The third kappa shape index (κ3) is 3.78. The van der Waals surface area contributed by atoms with E-state index in [0.717, 1.165) is 18.8 Å². The Morgan fingerprint density at radius 2 is 1.91 bits per heavy atom. The molecule has 1 fully saturated rings. The number of rotatable bonds is 3. The lowest BCUT2D eigenvalue weighted by Crippen LogP contribution is -2.47. The Morgan fingerprint density at radius 3 is 2.65 bits per heavy atom. The SMILES string of the molecule is CN1CCN(C(=O)c2cc(Nc3ccccc3Cl)ncn2)CC1. The summed E-state index contributed by atoms with van der Waals surface area (Å²) in [6, 6.07) is 9.04. The summed E-state index contributed by atoms with van der Waals surface area (Å²) in [4.78, 5) is 24.8. The number of aromatic nitrogens is 2. The molecular weight excluding hydrogens is 314 g/mol. The maximum atomic E-state index is 12.5. The molecule has 1 aliphatic heterocycles. The molecule has 1 saturated heterocycles.